The van der Waals surface area contributed by atoms with Crippen molar-refractivity contribution >= 4 is 21.5 Å². The lowest BCUT2D eigenvalue weighted by atomic mass is 10.1. The molecular formula is C20H20FN3O2S. The van der Waals surface area contributed by atoms with Gasteiger partial charge in [-0.25, -0.2) is 17.8 Å². The second kappa shape index (κ2) is 8.64. The maximum Gasteiger partial charge on any atom is 0.263 e. The van der Waals surface area contributed by atoms with Crippen molar-refractivity contribution in [1.29, 1.82) is 0 Å². The number of nitrogens with zero attached hydrogens (tertiary/aromatic N) is 1. The second-order valence-electron chi connectivity index (χ2n) is 6.01. The Bertz CT molecular complexity index is 960. The normalized spacial score (nSPS) is 11.1. The van der Waals surface area contributed by atoms with Gasteiger partial charge in [-0.3, -0.25) is 4.72 Å². The van der Waals surface area contributed by atoms with Gasteiger partial charge in [-0.05, 0) is 54.8 Å². The molecule has 0 aliphatic rings. The van der Waals surface area contributed by atoms with E-state index in [1.165, 1.54) is 17.7 Å². The van der Waals surface area contributed by atoms with E-state index in [0.29, 0.717) is 0 Å². The van der Waals surface area contributed by atoms with Crippen LogP contribution < -0.4 is 10.0 Å². The highest BCUT2D eigenvalue weighted by atomic mass is 32.2. The van der Waals surface area contributed by atoms with Crippen molar-refractivity contribution in [2.45, 2.75) is 17.7 Å². The summed E-state index contributed by atoms with van der Waals surface area (Å²) in [7, 11) is -3.79. The lowest BCUT2D eigenvalue weighted by molar-refractivity contribution is 0.599. The van der Waals surface area contributed by atoms with Gasteiger partial charge in [0.05, 0.1) is 16.8 Å². The summed E-state index contributed by atoms with van der Waals surface area (Å²) in [6.45, 7) is 0.789. The average molecular weight is 385 g/mol. The first-order chi connectivity index (χ1) is 13.0. The summed E-state index contributed by atoms with van der Waals surface area (Å²) < 4.78 is 39.8. The van der Waals surface area contributed by atoms with Crippen LogP contribution in [0.5, 0.6) is 0 Å². The Labute approximate surface area is 158 Å². The van der Waals surface area contributed by atoms with Crippen molar-refractivity contribution in [3.63, 3.8) is 0 Å². The van der Waals surface area contributed by atoms with Crippen LogP contribution in [0.15, 0.2) is 77.8 Å². The number of pyridine rings is 1. The number of halogens is 1. The fraction of sp³-hybridized carbons (Fsp3) is 0.150. The molecule has 2 aromatic carbocycles. The monoisotopic (exact) mass is 385 g/mol. The quantitative estimate of drug-likeness (QED) is 0.574. The molecule has 3 aromatic rings. The van der Waals surface area contributed by atoms with Gasteiger partial charge in [0, 0.05) is 6.54 Å². The van der Waals surface area contributed by atoms with Gasteiger partial charge in [0.25, 0.3) is 10.0 Å². The third kappa shape index (κ3) is 5.52. The van der Waals surface area contributed by atoms with E-state index in [9.17, 15) is 12.8 Å². The van der Waals surface area contributed by atoms with Gasteiger partial charge in [0.2, 0.25) is 0 Å². The molecule has 2 N–H and O–H groups in total. The summed E-state index contributed by atoms with van der Waals surface area (Å²) in [5.74, 6) is -0.288. The number of nitrogens with one attached hydrogen (secondary N) is 2. The summed E-state index contributed by atoms with van der Waals surface area (Å²) in [6.07, 6.45) is 3.53. The summed E-state index contributed by atoms with van der Waals surface area (Å²) in [5, 5.41) is 3.26. The number of anilines is 2. The minimum atomic E-state index is -3.79. The van der Waals surface area contributed by atoms with E-state index in [1.807, 2.05) is 18.2 Å². The highest BCUT2D eigenvalue weighted by Crippen LogP contribution is 2.16. The van der Waals surface area contributed by atoms with Gasteiger partial charge in [0.1, 0.15) is 11.6 Å². The first-order valence-electron chi connectivity index (χ1n) is 8.55. The van der Waals surface area contributed by atoms with Crippen molar-refractivity contribution < 1.29 is 12.8 Å². The summed E-state index contributed by atoms with van der Waals surface area (Å²) in [6, 6.07) is 18.2. The van der Waals surface area contributed by atoms with E-state index < -0.39 is 15.8 Å². The summed E-state index contributed by atoms with van der Waals surface area (Å²) in [4.78, 5) is 4.10. The Kier molecular flexibility index (Phi) is 6.03. The number of sulfonamides is 1. The van der Waals surface area contributed by atoms with Gasteiger partial charge in [-0.15, -0.1) is 0 Å². The van der Waals surface area contributed by atoms with Gasteiger partial charge < -0.3 is 5.32 Å². The zero-order valence-corrected chi connectivity index (χ0v) is 15.4. The zero-order chi connectivity index (χ0) is 19.1. The first kappa shape index (κ1) is 18.8. The molecule has 1 heterocycles. The van der Waals surface area contributed by atoms with Crippen molar-refractivity contribution in [3.05, 3.63) is 84.3 Å². The predicted molar refractivity (Wildman–Crippen MR) is 105 cm³/mol. The molecule has 1 aromatic heterocycles. The van der Waals surface area contributed by atoms with E-state index in [2.05, 4.69) is 27.2 Å². The molecule has 27 heavy (non-hydrogen) atoms. The SMILES string of the molecule is O=S(=O)(Nc1ccc(NCCCc2ccccc2)cn1)c1ccc(F)cc1. The highest BCUT2D eigenvalue weighted by Gasteiger charge is 2.14. The molecule has 0 atom stereocenters. The Hall–Kier alpha value is -2.93. The number of hydrogen-bond donors (Lipinski definition) is 2. The molecule has 7 heteroatoms. The molecule has 0 unspecified atom stereocenters. The van der Waals surface area contributed by atoms with Crippen LogP contribution >= 0.6 is 0 Å². The molecular weight excluding hydrogens is 365 g/mol. The van der Waals surface area contributed by atoms with Crippen LogP contribution in [0.1, 0.15) is 12.0 Å². The number of aryl methyl sites for hydroxylation is 1. The number of benzene rings is 2. The minimum absolute atomic E-state index is 0.0196. The molecule has 0 spiro atoms. The van der Waals surface area contributed by atoms with Crippen LogP contribution in [0, 0.1) is 5.82 Å². The smallest absolute Gasteiger partial charge is 0.263 e. The van der Waals surface area contributed by atoms with E-state index in [4.69, 9.17) is 0 Å². The molecule has 0 aliphatic carbocycles. The minimum Gasteiger partial charge on any atom is -0.384 e. The lowest BCUT2D eigenvalue weighted by Crippen LogP contribution is -2.14. The molecule has 0 aliphatic heterocycles. The lowest BCUT2D eigenvalue weighted by Gasteiger charge is -2.09. The second-order valence-corrected chi connectivity index (χ2v) is 7.69. The molecule has 0 amide bonds. The predicted octanol–water partition coefficient (Wildman–Crippen LogP) is 4.07. The highest BCUT2D eigenvalue weighted by molar-refractivity contribution is 7.92. The van der Waals surface area contributed by atoms with Gasteiger partial charge in [-0.2, -0.15) is 0 Å². The van der Waals surface area contributed by atoms with Crippen LogP contribution in [0.4, 0.5) is 15.9 Å². The molecule has 0 radical (unpaired) electrons. The van der Waals surface area contributed by atoms with Crippen molar-refractivity contribution in [2.75, 3.05) is 16.6 Å². The Morgan fingerprint density at radius 3 is 2.33 bits per heavy atom. The third-order valence-corrected chi connectivity index (χ3v) is 5.31. The largest absolute Gasteiger partial charge is 0.384 e. The molecule has 0 saturated carbocycles. The number of hydrogen-bond acceptors (Lipinski definition) is 4. The van der Waals surface area contributed by atoms with Crippen LogP contribution in [0.3, 0.4) is 0 Å². The topological polar surface area (TPSA) is 71.1 Å². The van der Waals surface area contributed by atoms with E-state index >= 15 is 0 Å². The molecule has 0 bridgehead atoms. The molecule has 140 valence electrons. The molecule has 0 saturated heterocycles. The van der Waals surface area contributed by atoms with Gasteiger partial charge in [-0.1, -0.05) is 30.3 Å². The third-order valence-electron chi connectivity index (χ3n) is 3.94. The Morgan fingerprint density at radius 1 is 0.926 bits per heavy atom. The zero-order valence-electron chi connectivity index (χ0n) is 14.6. The fourth-order valence-corrected chi connectivity index (χ4v) is 3.55. The van der Waals surface area contributed by atoms with Crippen molar-refractivity contribution in [3.8, 4) is 0 Å². The van der Waals surface area contributed by atoms with E-state index in [1.54, 1.807) is 18.3 Å². The molecule has 0 fully saturated rings. The molecule has 3 rings (SSSR count). The van der Waals surface area contributed by atoms with E-state index in [-0.39, 0.29) is 10.7 Å². The van der Waals surface area contributed by atoms with E-state index in [0.717, 1.165) is 37.2 Å². The summed E-state index contributed by atoms with van der Waals surface area (Å²) >= 11 is 0. The van der Waals surface area contributed by atoms with Crippen molar-refractivity contribution in [2.24, 2.45) is 0 Å². The van der Waals surface area contributed by atoms with Crippen LogP contribution in [0.25, 0.3) is 0 Å². The van der Waals surface area contributed by atoms with Crippen molar-refractivity contribution in [1.82, 2.24) is 4.98 Å². The Morgan fingerprint density at radius 2 is 1.67 bits per heavy atom. The van der Waals surface area contributed by atoms with Gasteiger partial charge in [0.15, 0.2) is 0 Å². The van der Waals surface area contributed by atoms with Crippen LogP contribution in [-0.2, 0) is 16.4 Å². The number of rotatable bonds is 8. The maximum absolute atomic E-state index is 12.9. The average Bonchev–Trinajstić information content (AvgIpc) is 2.67. The van der Waals surface area contributed by atoms with Gasteiger partial charge >= 0.3 is 0 Å². The fourth-order valence-electron chi connectivity index (χ4n) is 2.54. The van der Waals surface area contributed by atoms with Crippen LogP contribution in [0.2, 0.25) is 0 Å². The summed E-state index contributed by atoms with van der Waals surface area (Å²) in [5.41, 5.74) is 2.11. The first-order valence-corrected chi connectivity index (χ1v) is 10.0. The molecule has 5 nitrogen and oxygen atoms in total. The number of aromatic nitrogens is 1. The maximum atomic E-state index is 12.9. The van der Waals surface area contributed by atoms with Crippen LogP contribution in [-0.4, -0.2) is 19.9 Å². The Balaban J connectivity index is 1.51. The standard InChI is InChI=1S/C20H20FN3O2S/c21-17-8-11-19(12-9-17)27(25,26)24-20-13-10-18(15-23-20)22-14-4-7-16-5-2-1-3-6-16/h1-3,5-6,8-13,15,22H,4,7,14H2,(H,23,24).